The molecule has 3 aromatic rings. The quantitative estimate of drug-likeness (QED) is 0.685. The Morgan fingerprint density at radius 3 is 2.14 bits per heavy atom. The fraction of sp³-hybridized carbons (Fsp3) is 0.136. The van der Waals surface area contributed by atoms with Crippen molar-refractivity contribution in [2.75, 3.05) is 11.8 Å². The molecule has 0 saturated carbocycles. The van der Waals surface area contributed by atoms with Crippen LogP contribution in [0.1, 0.15) is 21.5 Å². The van der Waals surface area contributed by atoms with Gasteiger partial charge in [0.25, 0.3) is 15.9 Å². The third-order valence-corrected chi connectivity index (χ3v) is 5.85. The highest BCUT2D eigenvalue weighted by Crippen LogP contribution is 2.18. The number of hydrogen-bond donors (Lipinski definition) is 1. The Hall–Kier alpha value is -3.12. The van der Waals surface area contributed by atoms with E-state index in [2.05, 4.69) is 4.72 Å². The van der Waals surface area contributed by atoms with Crippen LogP contribution in [0.3, 0.4) is 0 Å². The van der Waals surface area contributed by atoms with Gasteiger partial charge in [0.15, 0.2) is 0 Å². The molecule has 1 amide bonds. The summed E-state index contributed by atoms with van der Waals surface area (Å²) >= 11 is 0. The number of nitrogens with one attached hydrogen (secondary N) is 1. The summed E-state index contributed by atoms with van der Waals surface area (Å²) in [6.45, 7) is 2.49. The number of nitrogens with zero attached hydrogens (tertiary/aromatic N) is 1. The number of sulfonamides is 1. The van der Waals surface area contributed by atoms with E-state index in [0.29, 0.717) is 17.8 Å². The minimum Gasteiger partial charge on any atom is -0.337 e. The minimum atomic E-state index is -3.71. The van der Waals surface area contributed by atoms with Gasteiger partial charge >= 0.3 is 0 Å². The Morgan fingerprint density at radius 1 is 0.893 bits per heavy atom. The molecule has 0 saturated heterocycles. The van der Waals surface area contributed by atoms with Crippen LogP contribution < -0.4 is 4.72 Å². The van der Waals surface area contributed by atoms with Crippen molar-refractivity contribution >= 4 is 21.6 Å². The number of carbonyl (C=O) groups excluding carboxylic acids is 1. The van der Waals surface area contributed by atoms with Crippen molar-refractivity contribution in [3.05, 3.63) is 95.6 Å². The van der Waals surface area contributed by atoms with E-state index >= 15 is 0 Å². The van der Waals surface area contributed by atoms with Gasteiger partial charge in [-0.15, -0.1) is 0 Å². The predicted octanol–water partition coefficient (Wildman–Crippen LogP) is 4.07. The predicted molar refractivity (Wildman–Crippen MR) is 111 cm³/mol. The number of benzene rings is 3. The van der Waals surface area contributed by atoms with Gasteiger partial charge in [0.2, 0.25) is 0 Å². The lowest BCUT2D eigenvalue weighted by Gasteiger charge is -2.19. The Labute approximate surface area is 165 Å². The summed E-state index contributed by atoms with van der Waals surface area (Å²) in [6.07, 6.45) is 0. The Bertz CT molecular complexity index is 1060. The molecule has 0 atom stereocenters. The van der Waals surface area contributed by atoms with Crippen molar-refractivity contribution < 1.29 is 13.2 Å². The Morgan fingerprint density at radius 2 is 1.50 bits per heavy atom. The average Bonchev–Trinajstić information content (AvgIpc) is 2.69. The highest BCUT2D eigenvalue weighted by molar-refractivity contribution is 7.92. The van der Waals surface area contributed by atoms with Crippen molar-refractivity contribution in [2.45, 2.75) is 18.4 Å². The highest BCUT2D eigenvalue weighted by atomic mass is 32.2. The normalized spacial score (nSPS) is 11.1. The van der Waals surface area contributed by atoms with E-state index < -0.39 is 10.0 Å². The van der Waals surface area contributed by atoms with Crippen LogP contribution >= 0.6 is 0 Å². The number of anilines is 1. The van der Waals surface area contributed by atoms with Gasteiger partial charge in [-0.2, -0.15) is 0 Å². The molecule has 1 N–H and O–H groups in total. The number of amides is 1. The SMILES string of the molecule is Cc1ccccc1CN(C)C(=O)c1ccc(S(=O)(=O)Nc2ccccc2)cc1. The van der Waals surface area contributed by atoms with E-state index in [1.54, 1.807) is 36.2 Å². The minimum absolute atomic E-state index is 0.106. The van der Waals surface area contributed by atoms with Crippen LogP contribution in [0.2, 0.25) is 0 Å². The second-order valence-corrected chi connectivity index (χ2v) is 8.27. The molecule has 0 aliphatic carbocycles. The van der Waals surface area contributed by atoms with Gasteiger partial charge in [-0.25, -0.2) is 8.42 Å². The second-order valence-electron chi connectivity index (χ2n) is 6.58. The first-order chi connectivity index (χ1) is 13.4. The first kappa shape index (κ1) is 19.6. The zero-order valence-electron chi connectivity index (χ0n) is 15.8. The topological polar surface area (TPSA) is 66.5 Å². The summed E-state index contributed by atoms with van der Waals surface area (Å²) in [5.41, 5.74) is 3.12. The summed E-state index contributed by atoms with van der Waals surface area (Å²) < 4.78 is 27.5. The van der Waals surface area contributed by atoms with Crippen molar-refractivity contribution in [1.29, 1.82) is 0 Å². The smallest absolute Gasteiger partial charge is 0.261 e. The van der Waals surface area contributed by atoms with Gasteiger partial charge in [-0.1, -0.05) is 42.5 Å². The van der Waals surface area contributed by atoms with Crippen molar-refractivity contribution in [2.24, 2.45) is 0 Å². The third kappa shape index (κ3) is 4.58. The summed E-state index contributed by atoms with van der Waals surface area (Å²) in [7, 11) is -1.97. The lowest BCUT2D eigenvalue weighted by molar-refractivity contribution is 0.0785. The summed E-state index contributed by atoms with van der Waals surface area (Å²) in [6, 6.07) is 22.5. The maximum Gasteiger partial charge on any atom is 0.261 e. The average molecular weight is 394 g/mol. The molecule has 0 aliphatic heterocycles. The zero-order chi connectivity index (χ0) is 20.1. The van der Waals surface area contributed by atoms with Crippen LogP contribution in [0.4, 0.5) is 5.69 Å². The summed E-state index contributed by atoms with van der Waals surface area (Å²) in [5, 5.41) is 0. The fourth-order valence-electron chi connectivity index (χ4n) is 2.83. The highest BCUT2D eigenvalue weighted by Gasteiger charge is 2.17. The van der Waals surface area contributed by atoms with E-state index in [-0.39, 0.29) is 10.8 Å². The summed E-state index contributed by atoms with van der Waals surface area (Å²) in [4.78, 5) is 14.4. The number of hydrogen-bond acceptors (Lipinski definition) is 3. The van der Waals surface area contributed by atoms with Crippen LogP contribution in [0.15, 0.2) is 83.8 Å². The summed E-state index contributed by atoms with van der Waals surface area (Å²) in [5.74, 6) is -0.164. The lowest BCUT2D eigenvalue weighted by Crippen LogP contribution is -2.26. The molecule has 28 heavy (non-hydrogen) atoms. The molecule has 144 valence electrons. The largest absolute Gasteiger partial charge is 0.337 e. The maximum absolute atomic E-state index is 12.7. The molecule has 0 radical (unpaired) electrons. The van der Waals surface area contributed by atoms with Gasteiger partial charge in [-0.05, 0) is 54.4 Å². The monoisotopic (exact) mass is 394 g/mol. The molecule has 0 unspecified atom stereocenters. The second kappa shape index (κ2) is 8.27. The fourth-order valence-corrected chi connectivity index (χ4v) is 3.89. The maximum atomic E-state index is 12.7. The van der Waals surface area contributed by atoms with Gasteiger partial charge in [0, 0.05) is 24.8 Å². The van der Waals surface area contributed by atoms with Crippen LogP contribution in [-0.2, 0) is 16.6 Å². The molecule has 0 aliphatic rings. The molecule has 3 rings (SSSR count). The molecular weight excluding hydrogens is 372 g/mol. The van der Waals surface area contributed by atoms with E-state index in [1.807, 2.05) is 37.3 Å². The number of rotatable bonds is 6. The Balaban J connectivity index is 1.72. The third-order valence-electron chi connectivity index (χ3n) is 4.45. The molecule has 0 heterocycles. The van der Waals surface area contributed by atoms with Crippen LogP contribution in [0.5, 0.6) is 0 Å². The molecule has 0 aromatic heterocycles. The van der Waals surface area contributed by atoms with Crippen molar-refractivity contribution in [1.82, 2.24) is 4.90 Å². The molecule has 3 aromatic carbocycles. The van der Waals surface area contributed by atoms with Gasteiger partial charge in [0.1, 0.15) is 0 Å². The molecule has 0 fully saturated rings. The van der Waals surface area contributed by atoms with Gasteiger partial charge < -0.3 is 4.90 Å². The van der Waals surface area contributed by atoms with E-state index in [0.717, 1.165) is 11.1 Å². The number of carbonyl (C=O) groups is 1. The van der Waals surface area contributed by atoms with Gasteiger partial charge in [-0.3, -0.25) is 9.52 Å². The van der Waals surface area contributed by atoms with Crippen LogP contribution in [0, 0.1) is 6.92 Å². The van der Waals surface area contributed by atoms with Gasteiger partial charge in [0.05, 0.1) is 4.90 Å². The molecule has 0 spiro atoms. The molecule has 0 bridgehead atoms. The number of aryl methyl sites for hydroxylation is 1. The first-order valence-electron chi connectivity index (χ1n) is 8.85. The van der Waals surface area contributed by atoms with E-state index in [9.17, 15) is 13.2 Å². The van der Waals surface area contributed by atoms with Crippen molar-refractivity contribution in [3.8, 4) is 0 Å². The van der Waals surface area contributed by atoms with E-state index in [4.69, 9.17) is 0 Å². The first-order valence-corrected chi connectivity index (χ1v) is 10.3. The van der Waals surface area contributed by atoms with E-state index in [1.165, 1.54) is 24.3 Å². The zero-order valence-corrected chi connectivity index (χ0v) is 16.6. The molecule has 5 nitrogen and oxygen atoms in total. The number of para-hydroxylation sites is 1. The Kier molecular flexibility index (Phi) is 5.80. The molecule has 6 heteroatoms. The standard InChI is InChI=1S/C22H22N2O3S/c1-17-8-6-7-9-19(17)16-24(2)22(25)18-12-14-21(15-13-18)28(26,27)23-20-10-4-3-5-11-20/h3-15,23H,16H2,1-2H3. The van der Waals surface area contributed by atoms with Crippen molar-refractivity contribution in [3.63, 3.8) is 0 Å². The lowest BCUT2D eigenvalue weighted by atomic mass is 10.1. The molecular formula is C22H22N2O3S. The van der Waals surface area contributed by atoms with Crippen LogP contribution in [-0.4, -0.2) is 26.3 Å². The van der Waals surface area contributed by atoms with Crippen LogP contribution in [0.25, 0.3) is 0 Å².